The summed E-state index contributed by atoms with van der Waals surface area (Å²) in [6.45, 7) is 4.15. The Kier molecular flexibility index (Phi) is 5.86. The molecule has 0 fully saturated rings. The summed E-state index contributed by atoms with van der Waals surface area (Å²) in [7, 11) is 0. The molecule has 5 nitrogen and oxygen atoms in total. The van der Waals surface area contributed by atoms with Crippen LogP contribution in [0.1, 0.15) is 22.3 Å². The third-order valence-corrected chi connectivity index (χ3v) is 6.57. The van der Waals surface area contributed by atoms with Crippen LogP contribution in [-0.4, -0.2) is 27.2 Å². The first kappa shape index (κ1) is 21.2. The van der Waals surface area contributed by atoms with Gasteiger partial charge in [-0.05, 0) is 66.8 Å². The minimum Gasteiger partial charge on any atom is -0.240 e. The normalized spacial score (nSPS) is 11.8. The predicted octanol–water partition coefficient (Wildman–Crippen LogP) is 6.87. The molecule has 0 radical (unpaired) electrons. The van der Waals surface area contributed by atoms with Gasteiger partial charge in [0.05, 0.1) is 28.5 Å². The number of para-hydroxylation sites is 1. The number of rotatable bonds is 5. The van der Waals surface area contributed by atoms with Gasteiger partial charge in [0.1, 0.15) is 10.8 Å². The number of pyridine rings is 1. The average molecular weight is 470 g/mol. The van der Waals surface area contributed by atoms with E-state index in [-0.39, 0.29) is 0 Å². The molecule has 3 aromatic heterocycles. The van der Waals surface area contributed by atoms with Crippen LogP contribution in [0.3, 0.4) is 0 Å². The molecule has 0 aliphatic carbocycles. The maximum atomic E-state index is 6.39. The molecule has 162 valence electrons. The van der Waals surface area contributed by atoms with Crippen molar-refractivity contribution in [2.24, 2.45) is 10.2 Å². The summed E-state index contributed by atoms with van der Waals surface area (Å²) in [5.41, 5.74) is 6.73. The van der Waals surface area contributed by atoms with Crippen LogP contribution in [0, 0.1) is 13.8 Å². The molecule has 5 aromatic rings. The van der Waals surface area contributed by atoms with Crippen LogP contribution in [-0.2, 0) is 0 Å². The Morgan fingerprint density at radius 1 is 0.909 bits per heavy atom. The molecule has 7 heteroatoms. The van der Waals surface area contributed by atoms with Gasteiger partial charge in [0.25, 0.3) is 0 Å². The van der Waals surface area contributed by atoms with Crippen molar-refractivity contribution in [2.75, 3.05) is 0 Å². The molecule has 3 heterocycles. The van der Waals surface area contributed by atoms with Crippen LogP contribution in [0.5, 0.6) is 0 Å². The Balaban J connectivity index is 1.45. The van der Waals surface area contributed by atoms with Gasteiger partial charge in [-0.25, -0.2) is 9.67 Å². The summed E-state index contributed by atoms with van der Waals surface area (Å²) in [6.07, 6.45) is 5.31. The van der Waals surface area contributed by atoms with Crippen LogP contribution >= 0.6 is 22.9 Å². The largest absolute Gasteiger partial charge is 0.240 e. The second kappa shape index (κ2) is 9.10. The lowest BCUT2D eigenvalue weighted by Crippen LogP contribution is -1.93. The monoisotopic (exact) mass is 469 g/mol. The van der Waals surface area contributed by atoms with Crippen molar-refractivity contribution in [3.8, 4) is 16.3 Å². The number of aryl methyl sites for hydroxylation is 2. The van der Waals surface area contributed by atoms with Crippen LogP contribution in [0.15, 0.2) is 82.4 Å². The lowest BCUT2D eigenvalue weighted by atomic mass is 10.1. The zero-order valence-corrected chi connectivity index (χ0v) is 19.7. The smallest absolute Gasteiger partial charge is 0.138 e. The van der Waals surface area contributed by atoms with Crippen LogP contribution in [0.2, 0.25) is 5.15 Å². The van der Waals surface area contributed by atoms with Crippen molar-refractivity contribution < 1.29 is 0 Å². The van der Waals surface area contributed by atoms with Gasteiger partial charge in [0.15, 0.2) is 0 Å². The van der Waals surface area contributed by atoms with Crippen molar-refractivity contribution in [1.29, 1.82) is 0 Å². The molecular formula is C26H20ClN5S. The van der Waals surface area contributed by atoms with Crippen LogP contribution in [0.4, 0.5) is 0 Å². The number of thiophene rings is 1. The average Bonchev–Trinajstić information content (AvgIpc) is 3.49. The second-order valence-electron chi connectivity index (χ2n) is 7.68. The molecule has 0 amide bonds. The number of benzene rings is 2. The first-order valence-corrected chi connectivity index (χ1v) is 11.7. The fourth-order valence-corrected chi connectivity index (χ4v) is 4.44. The van der Waals surface area contributed by atoms with Crippen LogP contribution < -0.4 is 0 Å². The Morgan fingerprint density at radius 3 is 2.42 bits per heavy atom. The molecule has 0 unspecified atom stereocenters. The highest BCUT2D eigenvalue weighted by Crippen LogP contribution is 2.27. The van der Waals surface area contributed by atoms with Crippen molar-refractivity contribution in [1.82, 2.24) is 14.8 Å². The molecule has 0 saturated heterocycles. The minimum absolute atomic E-state index is 0.404. The first-order chi connectivity index (χ1) is 16.1. The van der Waals surface area contributed by atoms with E-state index in [2.05, 4.69) is 35.1 Å². The number of halogens is 1. The summed E-state index contributed by atoms with van der Waals surface area (Å²) in [4.78, 5) is 5.58. The van der Waals surface area contributed by atoms with Crippen LogP contribution in [0.25, 0.3) is 27.2 Å². The molecule has 0 bridgehead atoms. The number of hydrogen-bond acceptors (Lipinski definition) is 5. The number of aromatic nitrogens is 3. The third-order valence-electron chi connectivity index (χ3n) is 5.39. The van der Waals surface area contributed by atoms with E-state index in [1.807, 2.05) is 70.9 Å². The van der Waals surface area contributed by atoms with E-state index in [9.17, 15) is 0 Å². The highest BCUT2D eigenvalue weighted by Gasteiger charge is 2.12. The van der Waals surface area contributed by atoms with Gasteiger partial charge in [0, 0.05) is 22.7 Å². The summed E-state index contributed by atoms with van der Waals surface area (Å²) in [5, 5.41) is 16.8. The number of fused-ring (bicyclic) bond motifs is 1. The fourth-order valence-electron chi connectivity index (χ4n) is 3.51. The van der Waals surface area contributed by atoms with E-state index in [1.54, 1.807) is 23.8 Å². The summed E-state index contributed by atoms with van der Waals surface area (Å²) in [5.74, 6) is 0. The van der Waals surface area contributed by atoms with E-state index in [0.29, 0.717) is 5.15 Å². The fraction of sp³-hybridized carbons (Fsp3) is 0.0769. The van der Waals surface area contributed by atoms with Crippen molar-refractivity contribution in [3.63, 3.8) is 0 Å². The zero-order valence-electron chi connectivity index (χ0n) is 18.1. The number of nitrogens with zero attached hydrogens (tertiary/aromatic N) is 5. The van der Waals surface area contributed by atoms with Gasteiger partial charge < -0.3 is 0 Å². The van der Waals surface area contributed by atoms with Crippen molar-refractivity contribution in [2.45, 2.75) is 13.8 Å². The van der Waals surface area contributed by atoms with E-state index in [1.165, 1.54) is 11.1 Å². The molecule has 2 aromatic carbocycles. The molecule has 0 atom stereocenters. The van der Waals surface area contributed by atoms with E-state index in [0.717, 1.165) is 38.3 Å². The van der Waals surface area contributed by atoms with Gasteiger partial charge in [-0.15, -0.1) is 11.3 Å². The summed E-state index contributed by atoms with van der Waals surface area (Å²) in [6, 6.07) is 20.2. The molecule has 0 aliphatic rings. The molecule has 33 heavy (non-hydrogen) atoms. The Morgan fingerprint density at radius 2 is 1.67 bits per heavy atom. The highest BCUT2D eigenvalue weighted by molar-refractivity contribution is 7.13. The minimum atomic E-state index is 0.404. The van der Waals surface area contributed by atoms with Crippen molar-refractivity contribution >= 4 is 46.3 Å². The molecular weight excluding hydrogens is 450 g/mol. The highest BCUT2D eigenvalue weighted by atomic mass is 35.5. The molecule has 0 N–H and O–H groups in total. The summed E-state index contributed by atoms with van der Waals surface area (Å²) < 4.78 is 1.86. The lowest BCUT2D eigenvalue weighted by molar-refractivity contribution is 0.885. The third kappa shape index (κ3) is 4.49. The Bertz CT molecular complexity index is 1480. The quantitative estimate of drug-likeness (QED) is 0.160. The van der Waals surface area contributed by atoms with Gasteiger partial charge in [0.2, 0.25) is 0 Å². The van der Waals surface area contributed by atoms with Gasteiger partial charge in [-0.3, -0.25) is 0 Å². The Labute approximate surface area is 200 Å². The second-order valence-corrected chi connectivity index (χ2v) is 8.98. The topological polar surface area (TPSA) is 55.4 Å². The standard InChI is InChI=1S/C26H20ClN5S/c1-17-11-19-13-20(26(27)30-23(19)12-18(17)2)14-28-29-15-21-16-32(22-7-4-3-5-8-22)31-25(21)24-9-6-10-33-24/h3-16H,1-2H3/b28-14+,29-15+. The Hall–Kier alpha value is -3.61. The van der Waals surface area contributed by atoms with E-state index < -0.39 is 0 Å². The van der Waals surface area contributed by atoms with Gasteiger partial charge >= 0.3 is 0 Å². The maximum absolute atomic E-state index is 6.39. The maximum Gasteiger partial charge on any atom is 0.138 e. The summed E-state index contributed by atoms with van der Waals surface area (Å²) >= 11 is 8.03. The lowest BCUT2D eigenvalue weighted by Gasteiger charge is -2.05. The molecule has 0 saturated carbocycles. The predicted molar refractivity (Wildman–Crippen MR) is 138 cm³/mol. The molecule has 0 aliphatic heterocycles. The number of hydrogen-bond donors (Lipinski definition) is 0. The van der Waals surface area contributed by atoms with E-state index in [4.69, 9.17) is 16.7 Å². The van der Waals surface area contributed by atoms with Gasteiger partial charge in [-0.2, -0.15) is 15.3 Å². The first-order valence-electron chi connectivity index (χ1n) is 10.4. The zero-order chi connectivity index (χ0) is 22.8. The van der Waals surface area contributed by atoms with Crippen molar-refractivity contribution in [3.05, 3.63) is 99.6 Å². The van der Waals surface area contributed by atoms with Gasteiger partial charge in [-0.1, -0.05) is 35.9 Å². The van der Waals surface area contributed by atoms with E-state index >= 15 is 0 Å². The molecule has 5 rings (SSSR count). The SMILES string of the molecule is Cc1cc2cc(/C=N/N=C/c3cn(-c4ccccc4)nc3-c3cccs3)c(Cl)nc2cc1C. The molecule has 0 spiro atoms.